The molecule has 0 radical (unpaired) electrons. The minimum atomic E-state index is -3.70. The molecule has 0 aromatic heterocycles. The summed E-state index contributed by atoms with van der Waals surface area (Å²) >= 11 is 0. The van der Waals surface area contributed by atoms with E-state index in [2.05, 4.69) is 19.1 Å². The van der Waals surface area contributed by atoms with E-state index < -0.39 is 10.0 Å². The molecular formula is C24H26N2O3S. The zero-order valence-electron chi connectivity index (χ0n) is 17.4. The van der Waals surface area contributed by atoms with E-state index in [1.54, 1.807) is 48.3 Å². The van der Waals surface area contributed by atoms with Crippen LogP contribution in [0, 0.1) is 0 Å². The number of aryl methyl sites for hydroxylation is 1. The van der Waals surface area contributed by atoms with Gasteiger partial charge in [0.05, 0.1) is 10.6 Å². The predicted octanol–water partition coefficient (Wildman–Crippen LogP) is 4.35. The first kappa shape index (κ1) is 21.6. The molecule has 0 heterocycles. The molecule has 0 atom stereocenters. The lowest BCUT2D eigenvalue weighted by atomic mass is 10.1. The van der Waals surface area contributed by atoms with E-state index in [-0.39, 0.29) is 10.8 Å². The number of carbonyl (C=O) groups is 1. The third-order valence-corrected chi connectivity index (χ3v) is 6.88. The number of amides is 1. The van der Waals surface area contributed by atoms with Crippen LogP contribution in [0.25, 0.3) is 0 Å². The van der Waals surface area contributed by atoms with E-state index in [0.717, 1.165) is 12.0 Å². The maximum Gasteiger partial charge on any atom is 0.264 e. The second-order valence-electron chi connectivity index (χ2n) is 7.16. The lowest BCUT2D eigenvalue weighted by molar-refractivity contribution is 0.0785. The van der Waals surface area contributed by atoms with Crippen LogP contribution in [0.15, 0.2) is 83.8 Å². The minimum absolute atomic E-state index is 0.142. The zero-order valence-corrected chi connectivity index (χ0v) is 18.3. The zero-order chi connectivity index (χ0) is 21.7. The molecule has 5 nitrogen and oxygen atoms in total. The number of sulfonamides is 1. The van der Waals surface area contributed by atoms with Gasteiger partial charge in [-0.1, -0.05) is 49.4 Å². The summed E-state index contributed by atoms with van der Waals surface area (Å²) in [6.07, 6.45) is 0.976. The highest BCUT2D eigenvalue weighted by Crippen LogP contribution is 2.22. The van der Waals surface area contributed by atoms with Crippen molar-refractivity contribution in [3.05, 3.63) is 95.6 Å². The Morgan fingerprint density at radius 1 is 0.800 bits per heavy atom. The molecule has 3 aromatic carbocycles. The molecule has 6 heteroatoms. The smallest absolute Gasteiger partial charge is 0.264 e. The van der Waals surface area contributed by atoms with Crippen molar-refractivity contribution < 1.29 is 13.2 Å². The van der Waals surface area contributed by atoms with Crippen LogP contribution in [0.2, 0.25) is 0 Å². The van der Waals surface area contributed by atoms with Crippen molar-refractivity contribution in [2.75, 3.05) is 18.4 Å². The Labute approximate surface area is 178 Å². The normalized spacial score (nSPS) is 11.2. The average molecular weight is 423 g/mol. The largest absolute Gasteiger partial charge is 0.337 e. The fourth-order valence-corrected chi connectivity index (χ4v) is 4.35. The van der Waals surface area contributed by atoms with Gasteiger partial charge in [-0.05, 0) is 53.9 Å². The lowest BCUT2D eigenvalue weighted by Crippen LogP contribution is -2.27. The van der Waals surface area contributed by atoms with Gasteiger partial charge in [0, 0.05) is 26.2 Å². The number of nitrogens with zero attached hydrogens (tertiary/aromatic N) is 2. The van der Waals surface area contributed by atoms with Crippen LogP contribution >= 0.6 is 0 Å². The van der Waals surface area contributed by atoms with E-state index in [9.17, 15) is 13.2 Å². The topological polar surface area (TPSA) is 57.7 Å². The molecule has 0 N–H and O–H groups in total. The number of para-hydroxylation sites is 1. The van der Waals surface area contributed by atoms with Crippen molar-refractivity contribution in [2.24, 2.45) is 0 Å². The maximum atomic E-state index is 12.9. The van der Waals surface area contributed by atoms with Crippen molar-refractivity contribution in [3.8, 4) is 0 Å². The summed E-state index contributed by atoms with van der Waals surface area (Å²) in [5, 5.41) is 0. The Kier molecular flexibility index (Phi) is 6.57. The number of hydrogen-bond acceptors (Lipinski definition) is 3. The van der Waals surface area contributed by atoms with Crippen LogP contribution < -0.4 is 4.31 Å². The molecule has 0 saturated heterocycles. The number of rotatable bonds is 7. The number of hydrogen-bond donors (Lipinski definition) is 0. The summed E-state index contributed by atoms with van der Waals surface area (Å²) in [7, 11) is -0.446. The van der Waals surface area contributed by atoms with Gasteiger partial charge >= 0.3 is 0 Å². The molecule has 0 saturated carbocycles. The molecule has 0 aliphatic rings. The number of benzene rings is 3. The van der Waals surface area contributed by atoms with E-state index in [1.165, 1.54) is 29.0 Å². The summed E-state index contributed by atoms with van der Waals surface area (Å²) in [5.74, 6) is -0.157. The van der Waals surface area contributed by atoms with Gasteiger partial charge in [0.2, 0.25) is 0 Å². The van der Waals surface area contributed by atoms with Crippen molar-refractivity contribution in [2.45, 2.75) is 24.8 Å². The maximum absolute atomic E-state index is 12.9. The van der Waals surface area contributed by atoms with Gasteiger partial charge in [-0.3, -0.25) is 9.10 Å². The fourth-order valence-electron chi connectivity index (χ4n) is 3.15. The molecule has 3 rings (SSSR count). The molecule has 0 unspecified atom stereocenters. The van der Waals surface area contributed by atoms with Gasteiger partial charge in [-0.25, -0.2) is 8.42 Å². The Morgan fingerprint density at radius 3 is 1.93 bits per heavy atom. The van der Waals surface area contributed by atoms with E-state index in [0.29, 0.717) is 17.8 Å². The van der Waals surface area contributed by atoms with Gasteiger partial charge in [0.15, 0.2) is 0 Å². The predicted molar refractivity (Wildman–Crippen MR) is 120 cm³/mol. The molecule has 0 spiro atoms. The summed E-state index contributed by atoms with van der Waals surface area (Å²) < 4.78 is 27.0. The van der Waals surface area contributed by atoms with Gasteiger partial charge in [-0.2, -0.15) is 0 Å². The minimum Gasteiger partial charge on any atom is -0.337 e. The quantitative estimate of drug-likeness (QED) is 0.569. The molecule has 0 fully saturated rings. The van der Waals surface area contributed by atoms with Gasteiger partial charge < -0.3 is 4.90 Å². The molecule has 0 aliphatic heterocycles. The number of anilines is 1. The Morgan fingerprint density at radius 2 is 1.37 bits per heavy atom. The summed E-state index contributed by atoms with van der Waals surface area (Å²) in [5.41, 5.74) is 3.33. The summed E-state index contributed by atoms with van der Waals surface area (Å²) in [4.78, 5) is 14.5. The van der Waals surface area contributed by atoms with Gasteiger partial charge in [0.25, 0.3) is 15.9 Å². The molecule has 3 aromatic rings. The fraction of sp³-hybridized carbons (Fsp3) is 0.208. The third kappa shape index (κ3) is 4.71. The second-order valence-corrected chi connectivity index (χ2v) is 9.13. The number of carbonyl (C=O) groups excluding carboxylic acids is 1. The van der Waals surface area contributed by atoms with Crippen molar-refractivity contribution in [3.63, 3.8) is 0 Å². The Balaban J connectivity index is 1.73. The van der Waals surface area contributed by atoms with Gasteiger partial charge in [0.1, 0.15) is 0 Å². The third-order valence-electron chi connectivity index (χ3n) is 5.08. The van der Waals surface area contributed by atoms with E-state index in [1.807, 2.05) is 18.2 Å². The highest BCUT2D eigenvalue weighted by molar-refractivity contribution is 7.92. The summed E-state index contributed by atoms with van der Waals surface area (Å²) in [6, 6.07) is 23.1. The Bertz CT molecular complexity index is 1090. The van der Waals surface area contributed by atoms with Crippen LogP contribution in [0.4, 0.5) is 5.69 Å². The first-order chi connectivity index (χ1) is 14.3. The Hall–Kier alpha value is -3.12. The molecule has 156 valence electrons. The molecule has 0 aliphatic carbocycles. The monoisotopic (exact) mass is 422 g/mol. The van der Waals surface area contributed by atoms with Crippen LogP contribution in [0.1, 0.15) is 28.4 Å². The van der Waals surface area contributed by atoms with Crippen LogP contribution in [0.3, 0.4) is 0 Å². The van der Waals surface area contributed by atoms with E-state index >= 15 is 0 Å². The molecule has 1 amide bonds. The second kappa shape index (κ2) is 9.13. The van der Waals surface area contributed by atoms with Crippen LogP contribution in [0.5, 0.6) is 0 Å². The van der Waals surface area contributed by atoms with Gasteiger partial charge in [-0.15, -0.1) is 0 Å². The highest BCUT2D eigenvalue weighted by Gasteiger charge is 2.22. The summed E-state index contributed by atoms with van der Waals surface area (Å²) in [6.45, 7) is 2.59. The first-order valence-electron chi connectivity index (χ1n) is 9.80. The standard InChI is InChI=1S/C24H26N2O3S/c1-4-19-10-12-20(13-11-19)18-25(2)24(27)21-14-16-23(17-15-21)30(28,29)26(3)22-8-6-5-7-9-22/h5-17H,4,18H2,1-3H3. The lowest BCUT2D eigenvalue weighted by Gasteiger charge is -2.20. The highest BCUT2D eigenvalue weighted by atomic mass is 32.2. The average Bonchev–Trinajstić information content (AvgIpc) is 2.79. The van der Waals surface area contributed by atoms with E-state index in [4.69, 9.17) is 0 Å². The van der Waals surface area contributed by atoms with Crippen molar-refractivity contribution in [1.82, 2.24) is 4.90 Å². The van der Waals surface area contributed by atoms with Crippen molar-refractivity contribution >= 4 is 21.6 Å². The molecular weight excluding hydrogens is 396 g/mol. The molecule has 30 heavy (non-hydrogen) atoms. The first-order valence-corrected chi connectivity index (χ1v) is 11.2. The SMILES string of the molecule is CCc1ccc(CN(C)C(=O)c2ccc(S(=O)(=O)N(C)c3ccccc3)cc2)cc1. The van der Waals surface area contributed by atoms with Crippen molar-refractivity contribution in [1.29, 1.82) is 0 Å². The molecule has 0 bridgehead atoms. The van der Waals surface area contributed by atoms with Crippen LogP contribution in [-0.4, -0.2) is 33.3 Å². The van der Waals surface area contributed by atoms with Crippen LogP contribution in [-0.2, 0) is 23.0 Å².